The molecule has 0 rings (SSSR count). The van der Waals surface area contributed by atoms with E-state index in [0.29, 0.717) is 0 Å². The van der Waals surface area contributed by atoms with Crippen molar-refractivity contribution in [1.29, 1.82) is 0 Å². The standard InChI is InChI=1S/C6H13N3O3/c7-3(5(9)10)1-2-4(8)6(11)12/h3-4H,1-2,7-8H2,(H2,9,10)(H,11,12)/t3?,4-/m0/s1. The van der Waals surface area contributed by atoms with Gasteiger partial charge in [0.2, 0.25) is 5.91 Å². The summed E-state index contributed by atoms with van der Waals surface area (Å²) in [5, 5.41) is 8.35. The average molecular weight is 175 g/mol. The molecule has 1 unspecified atom stereocenters. The van der Waals surface area contributed by atoms with Gasteiger partial charge in [-0.2, -0.15) is 0 Å². The maximum Gasteiger partial charge on any atom is 0.320 e. The van der Waals surface area contributed by atoms with E-state index in [4.69, 9.17) is 22.3 Å². The third-order valence-corrected chi connectivity index (χ3v) is 1.47. The minimum Gasteiger partial charge on any atom is -0.480 e. The van der Waals surface area contributed by atoms with Crippen LogP contribution in [0.25, 0.3) is 0 Å². The fourth-order valence-electron chi connectivity index (χ4n) is 0.625. The van der Waals surface area contributed by atoms with Crippen LogP contribution in [-0.4, -0.2) is 29.1 Å². The molecule has 0 bridgehead atoms. The first-order valence-electron chi connectivity index (χ1n) is 3.48. The highest BCUT2D eigenvalue weighted by molar-refractivity contribution is 5.79. The van der Waals surface area contributed by atoms with Gasteiger partial charge in [0.05, 0.1) is 6.04 Å². The number of nitrogens with two attached hydrogens (primary N) is 3. The Bertz CT molecular complexity index is 163. The lowest BCUT2D eigenvalue weighted by molar-refractivity contribution is -0.138. The molecule has 0 saturated heterocycles. The summed E-state index contributed by atoms with van der Waals surface area (Å²) in [4.78, 5) is 20.6. The number of carbonyl (C=O) groups is 2. The van der Waals surface area contributed by atoms with Crippen molar-refractivity contribution < 1.29 is 14.7 Å². The van der Waals surface area contributed by atoms with Crippen molar-refractivity contribution in [1.82, 2.24) is 0 Å². The lowest BCUT2D eigenvalue weighted by Gasteiger charge is -2.09. The third kappa shape index (κ3) is 3.89. The predicted molar refractivity (Wildman–Crippen MR) is 42.0 cm³/mol. The van der Waals surface area contributed by atoms with Crippen molar-refractivity contribution in [2.24, 2.45) is 17.2 Å². The topological polar surface area (TPSA) is 132 Å². The zero-order valence-electron chi connectivity index (χ0n) is 6.56. The molecule has 0 saturated carbocycles. The van der Waals surface area contributed by atoms with E-state index in [1.54, 1.807) is 0 Å². The molecule has 0 aromatic carbocycles. The summed E-state index contributed by atoms with van der Waals surface area (Å²) in [5.74, 6) is -1.75. The van der Waals surface area contributed by atoms with Gasteiger partial charge in [-0.3, -0.25) is 9.59 Å². The molecule has 0 aromatic heterocycles. The Balaban J connectivity index is 3.68. The number of aliphatic carboxylic acids is 1. The van der Waals surface area contributed by atoms with Gasteiger partial charge in [-0.05, 0) is 12.8 Å². The SMILES string of the molecule is NC(=O)C(N)CC[C@H](N)C(=O)O. The van der Waals surface area contributed by atoms with Crippen molar-refractivity contribution in [3.63, 3.8) is 0 Å². The lowest BCUT2D eigenvalue weighted by atomic mass is 10.1. The van der Waals surface area contributed by atoms with Gasteiger partial charge in [-0.1, -0.05) is 0 Å². The van der Waals surface area contributed by atoms with Crippen LogP contribution in [-0.2, 0) is 9.59 Å². The second-order valence-electron chi connectivity index (χ2n) is 2.53. The Kier molecular flexibility index (Phi) is 4.24. The Labute approximate surface area is 69.7 Å². The highest BCUT2D eigenvalue weighted by atomic mass is 16.4. The molecule has 0 aliphatic carbocycles. The van der Waals surface area contributed by atoms with Crippen molar-refractivity contribution >= 4 is 11.9 Å². The summed E-state index contributed by atoms with van der Waals surface area (Å²) in [6, 6.07) is -1.79. The van der Waals surface area contributed by atoms with E-state index < -0.39 is 24.0 Å². The zero-order chi connectivity index (χ0) is 9.72. The van der Waals surface area contributed by atoms with Crippen LogP contribution in [0.15, 0.2) is 0 Å². The minimum atomic E-state index is -1.10. The molecule has 0 spiro atoms. The number of carboxylic acids is 1. The molecule has 0 radical (unpaired) electrons. The van der Waals surface area contributed by atoms with E-state index in [1.165, 1.54) is 0 Å². The Morgan fingerprint density at radius 1 is 1.17 bits per heavy atom. The van der Waals surface area contributed by atoms with E-state index in [2.05, 4.69) is 0 Å². The summed E-state index contributed by atoms with van der Waals surface area (Å²) in [5.41, 5.74) is 15.2. The Morgan fingerprint density at radius 2 is 1.58 bits per heavy atom. The maximum absolute atomic E-state index is 10.4. The van der Waals surface area contributed by atoms with E-state index in [-0.39, 0.29) is 12.8 Å². The van der Waals surface area contributed by atoms with Crippen LogP contribution in [0.5, 0.6) is 0 Å². The number of carbonyl (C=O) groups excluding carboxylic acids is 1. The normalized spacial score (nSPS) is 15.2. The van der Waals surface area contributed by atoms with Crippen molar-refractivity contribution in [2.75, 3.05) is 0 Å². The molecular formula is C6H13N3O3. The van der Waals surface area contributed by atoms with Crippen LogP contribution in [0.3, 0.4) is 0 Å². The van der Waals surface area contributed by atoms with Gasteiger partial charge in [-0.15, -0.1) is 0 Å². The highest BCUT2D eigenvalue weighted by Crippen LogP contribution is 1.97. The number of amides is 1. The molecule has 70 valence electrons. The van der Waals surface area contributed by atoms with Gasteiger partial charge >= 0.3 is 5.97 Å². The minimum absolute atomic E-state index is 0.152. The summed E-state index contributed by atoms with van der Waals surface area (Å²) in [6.45, 7) is 0. The van der Waals surface area contributed by atoms with Gasteiger partial charge in [0.25, 0.3) is 0 Å². The second-order valence-corrected chi connectivity index (χ2v) is 2.53. The predicted octanol–water partition coefficient (Wildman–Crippen LogP) is -2.01. The molecule has 0 heterocycles. The molecule has 6 heteroatoms. The van der Waals surface area contributed by atoms with Gasteiger partial charge in [0.15, 0.2) is 0 Å². The fourth-order valence-corrected chi connectivity index (χ4v) is 0.625. The number of rotatable bonds is 5. The van der Waals surface area contributed by atoms with E-state index >= 15 is 0 Å². The van der Waals surface area contributed by atoms with Crippen molar-refractivity contribution in [3.05, 3.63) is 0 Å². The molecule has 7 N–H and O–H groups in total. The maximum atomic E-state index is 10.4. The fraction of sp³-hybridized carbons (Fsp3) is 0.667. The zero-order valence-corrected chi connectivity index (χ0v) is 6.56. The van der Waals surface area contributed by atoms with Crippen molar-refractivity contribution in [2.45, 2.75) is 24.9 Å². The lowest BCUT2D eigenvalue weighted by Crippen LogP contribution is -2.39. The smallest absolute Gasteiger partial charge is 0.320 e. The Hall–Kier alpha value is -1.14. The summed E-state index contributed by atoms with van der Waals surface area (Å²) in [7, 11) is 0. The number of hydrogen-bond acceptors (Lipinski definition) is 4. The molecule has 6 nitrogen and oxygen atoms in total. The Morgan fingerprint density at radius 3 is 1.92 bits per heavy atom. The molecule has 0 fully saturated rings. The van der Waals surface area contributed by atoms with Crippen LogP contribution >= 0.6 is 0 Å². The van der Waals surface area contributed by atoms with E-state index in [0.717, 1.165) is 0 Å². The molecule has 2 atom stereocenters. The largest absolute Gasteiger partial charge is 0.480 e. The highest BCUT2D eigenvalue weighted by Gasteiger charge is 2.15. The first-order chi connectivity index (χ1) is 5.45. The first-order valence-corrected chi connectivity index (χ1v) is 3.48. The first kappa shape index (κ1) is 10.9. The van der Waals surface area contributed by atoms with Crippen molar-refractivity contribution in [3.8, 4) is 0 Å². The summed E-state index contributed by atoms with van der Waals surface area (Å²) in [6.07, 6.45) is 0.349. The van der Waals surface area contributed by atoms with Crippen LogP contribution < -0.4 is 17.2 Å². The van der Waals surface area contributed by atoms with Crippen LogP contribution in [0, 0.1) is 0 Å². The number of hydrogen-bond donors (Lipinski definition) is 4. The monoisotopic (exact) mass is 175 g/mol. The number of primary amides is 1. The molecule has 0 aromatic rings. The molecule has 0 aliphatic rings. The molecule has 1 amide bonds. The van der Waals surface area contributed by atoms with Crippen LogP contribution in [0.1, 0.15) is 12.8 Å². The summed E-state index contributed by atoms with van der Waals surface area (Å²) >= 11 is 0. The van der Waals surface area contributed by atoms with Gasteiger partial charge in [-0.25, -0.2) is 0 Å². The van der Waals surface area contributed by atoms with Gasteiger partial charge < -0.3 is 22.3 Å². The average Bonchev–Trinajstić information content (AvgIpc) is 1.98. The number of carboxylic acid groups (broad SMARTS) is 1. The second kappa shape index (κ2) is 4.68. The van der Waals surface area contributed by atoms with Crippen LogP contribution in [0.4, 0.5) is 0 Å². The van der Waals surface area contributed by atoms with Gasteiger partial charge in [0, 0.05) is 0 Å². The molecular weight excluding hydrogens is 162 g/mol. The van der Waals surface area contributed by atoms with E-state index in [1.807, 2.05) is 0 Å². The molecule has 0 aliphatic heterocycles. The summed E-state index contributed by atoms with van der Waals surface area (Å²) < 4.78 is 0. The van der Waals surface area contributed by atoms with E-state index in [9.17, 15) is 9.59 Å². The molecule has 12 heavy (non-hydrogen) atoms. The van der Waals surface area contributed by atoms with Crippen LogP contribution in [0.2, 0.25) is 0 Å². The quantitative estimate of drug-likeness (QED) is 0.383. The third-order valence-electron chi connectivity index (χ3n) is 1.47. The van der Waals surface area contributed by atoms with Gasteiger partial charge in [0.1, 0.15) is 6.04 Å².